The first-order valence-corrected chi connectivity index (χ1v) is 14.8. The van der Waals surface area contributed by atoms with Crippen LogP contribution in [0.3, 0.4) is 0 Å². The molecular formula is C33H30N4O7S. The number of non-ortho nitro benzene ring substituents is 1. The number of carbonyl (C=O) groups is 4. The molecule has 230 valence electrons. The summed E-state index contributed by atoms with van der Waals surface area (Å²) in [6.45, 7) is -1.25. The van der Waals surface area contributed by atoms with Crippen LogP contribution in [0.2, 0.25) is 0 Å². The second-order valence-electron chi connectivity index (χ2n) is 9.62. The number of nitrogens with zero attached hydrogens (tertiary/aromatic N) is 1. The Morgan fingerprint density at radius 3 is 1.49 bits per heavy atom. The Bertz CT molecular complexity index is 1520. The molecule has 0 aliphatic carbocycles. The minimum absolute atomic E-state index is 0.0450. The Kier molecular flexibility index (Phi) is 11.4. The molecule has 4 rings (SSSR count). The van der Waals surface area contributed by atoms with Crippen molar-refractivity contribution in [2.75, 3.05) is 25.4 Å². The molecule has 0 fully saturated rings. The van der Waals surface area contributed by atoms with Gasteiger partial charge in [0.15, 0.2) is 0 Å². The molecule has 0 aliphatic rings. The summed E-state index contributed by atoms with van der Waals surface area (Å²) < 4.78 is 4.32. The van der Waals surface area contributed by atoms with E-state index in [2.05, 4.69) is 16.0 Å². The number of rotatable bonds is 14. The molecule has 4 aromatic rings. The highest BCUT2D eigenvalue weighted by atomic mass is 32.2. The lowest BCUT2D eigenvalue weighted by molar-refractivity contribution is -0.384. The van der Waals surface area contributed by atoms with Crippen molar-refractivity contribution in [3.63, 3.8) is 0 Å². The average molecular weight is 627 g/mol. The number of thioether (sulfide) groups is 1. The molecule has 0 saturated carbocycles. The quantitative estimate of drug-likeness (QED) is 0.0631. The van der Waals surface area contributed by atoms with Crippen LogP contribution >= 0.6 is 11.8 Å². The number of amides is 3. The monoisotopic (exact) mass is 626 g/mol. The molecular weight excluding hydrogens is 596 g/mol. The van der Waals surface area contributed by atoms with E-state index in [0.717, 1.165) is 16.7 Å². The smallest absolute Gasteiger partial charge is 0.330 e. The molecule has 12 heteroatoms. The van der Waals surface area contributed by atoms with Crippen LogP contribution in [-0.2, 0) is 23.9 Å². The summed E-state index contributed by atoms with van der Waals surface area (Å²) in [5, 5.41) is 18.0. The normalized spacial score (nSPS) is 10.8. The standard InChI is InChI=1S/C33H30N4O7S/c38-29(34-20-30(39)36-22-32(41)44-28-18-16-27(17-19-28)37(42)43)21-35-31(40)23-45-33(24-10-4-1-5-11-24,25-12-6-2-7-13-25)26-14-8-3-9-15-26/h1-19H,20-23H2,(H,34,38)(H,35,40)(H,36,39). The van der Waals surface area contributed by atoms with Gasteiger partial charge in [-0.15, -0.1) is 11.8 Å². The fraction of sp³-hybridized carbons (Fsp3) is 0.152. The Hall–Kier alpha value is -5.49. The van der Waals surface area contributed by atoms with Gasteiger partial charge in [-0.3, -0.25) is 24.5 Å². The SMILES string of the molecule is O=C(CNC(=O)CSC(c1ccccc1)(c1ccccc1)c1ccccc1)NCC(=O)NCC(=O)Oc1ccc([N+](=O)[O-])cc1. The van der Waals surface area contributed by atoms with Gasteiger partial charge in [0.2, 0.25) is 17.7 Å². The van der Waals surface area contributed by atoms with Crippen LogP contribution < -0.4 is 20.7 Å². The van der Waals surface area contributed by atoms with Crippen LogP contribution in [0.5, 0.6) is 5.75 Å². The summed E-state index contributed by atoms with van der Waals surface area (Å²) in [5.74, 6) is -2.27. The molecule has 3 N–H and O–H groups in total. The van der Waals surface area contributed by atoms with Gasteiger partial charge in [-0.2, -0.15) is 0 Å². The molecule has 0 aromatic heterocycles. The number of nitrogens with one attached hydrogen (secondary N) is 3. The van der Waals surface area contributed by atoms with Gasteiger partial charge in [0.1, 0.15) is 12.3 Å². The van der Waals surface area contributed by atoms with Crippen LogP contribution in [0.25, 0.3) is 0 Å². The Balaban J connectivity index is 1.27. The summed E-state index contributed by atoms with van der Waals surface area (Å²) in [6.07, 6.45) is 0. The third kappa shape index (κ3) is 9.00. The van der Waals surface area contributed by atoms with Crippen molar-refractivity contribution in [3.05, 3.63) is 142 Å². The molecule has 0 heterocycles. The molecule has 0 radical (unpaired) electrons. The van der Waals surface area contributed by atoms with Crippen molar-refractivity contribution in [2.24, 2.45) is 0 Å². The lowest BCUT2D eigenvalue weighted by Crippen LogP contribution is -2.43. The van der Waals surface area contributed by atoms with E-state index < -0.39 is 40.5 Å². The van der Waals surface area contributed by atoms with E-state index in [4.69, 9.17) is 4.74 Å². The van der Waals surface area contributed by atoms with Gasteiger partial charge in [-0.1, -0.05) is 91.0 Å². The summed E-state index contributed by atoms with van der Waals surface area (Å²) in [6, 6.07) is 34.6. The van der Waals surface area contributed by atoms with Crippen LogP contribution in [0.15, 0.2) is 115 Å². The van der Waals surface area contributed by atoms with E-state index in [-0.39, 0.29) is 29.6 Å². The van der Waals surface area contributed by atoms with Crippen molar-refractivity contribution in [1.82, 2.24) is 16.0 Å². The van der Waals surface area contributed by atoms with Gasteiger partial charge < -0.3 is 20.7 Å². The highest BCUT2D eigenvalue weighted by Crippen LogP contribution is 2.48. The average Bonchev–Trinajstić information content (AvgIpc) is 3.07. The molecule has 0 saturated heterocycles. The van der Waals surface area contributed by atoms with Gasteiger partial charge in [-0.05, 0) is 28.8 Å². The van der Waals surface area contributed by atoms with E-state index >= 15 is 0 Å². The summed E-state index contributed by atoms with van der Waals surface area (Å²) in [7, 11) is 0. The number of carbonyl (C=O) groups excluding carboxylic acids is 4. The lowest BCUT2D eigenvalue weighted by Gasteiger charge is -2.35. The Morgan fingerprint density at radius 1 is 0.622 bits per heavy atom. The van der Waals surface area contributed by atoms with E-state index in [1.54, 1.807) is 0 Å². The maximum absolute atomic E-state index is 12.9. The molecule has 3 amide bonds. The minimum atomic E-state index is -0.800. The van der Waals surface area contributed by atoms with Gasteiger partial charge >= 0.3 is 5.97 Å². The number of benzene rings is 4. The van der Waals surface area contributed by atoms with Gasteiger partial charge in [0.25, 0.3) is 5.69 Å². The van der Waals surface area contributed by atoms with Crippen molar-refractivity contribution in [3.8, 4) is 5.75 Å². The molecule has 4 aromatic carbocycles. The number of nitro groups is 1. The molecule has 0 bridgehead atoms. The number of hydrogen-bond acceptors (Lipinski definition) is 8. The first-order valence-electron chi connectivity index (χ1n) is 13.8. The van der Waals surface area contributed by atoms with E-state index in [1.807, 2.05) is 91.0 Å². The van der Waals surface area contributed by atoms with Crippen molar-refractivity contribution in [1.29, 1.82) is 0 Å². The predicted molar refractivity (Wildman–Crippen MR) is 169 cm³/mol. The van der Waals surface area contributed by atoms with Crippen molar-refractivity contribution in [2.45, 2.75) is 4.75 Å². The molecule has 45 heavy (non-hydrogen) atoms. The molecule has 0 unspecified atom stereocenters. The number of esters is 1. The topological polar surface area (TPSA) is 157 Å². The van der Waals surface area contributed by atoms with E-state index in [0.29, 0.717) is 0 Å². The zero-order chi connectivity index (χ0) is 32.1. The van der Waals surface area contributed by atoms with Gasteiger partial charge in [0, 0.05) is 12.1 Å². The second-order valence-corrected chi connectivity index (χ2v) is 10.8. The minimum Gasteiger partial charge on any atom is -0.425 e. The molecule has 11 nitrogen and oxygen atoms in total. The highest BCUT2D eigenvalue weighted by molar-refractivity contribution is 8.01. The first-order chi connectivity index (χ1) is 21.8. The van der Waals surface area contributed by atoms with Crippen molar-refractivity contribution < 1.29 is 28.8 Å². The number of nitro benzene ring substituents is 1. The van der Waals surface area contributed by atoms with Crippen LogP contribution in [0, 0.1) is 10.1 Å². The van der Waals surface area contributed by atoms with Crippen LogP contribution in [0.4, 0.5) is 5.69 Å². The maximum Gasteiger partial charge on any atom is 0.330 e. The van der Waals surface area contributed by atoms with Crippen molar-refractivity contribution >= 4 is 41.1 Å². The lowest BCUT2D eigenvalue weighted by atomic mass is 9.84. The third-order valence-corrected chi connectivity index (χ3v) is 8.11. The summed E-state index contributed by atoms with van der Waals surface area (Å²) >= 11 is 1.44. The highest BCUT2D eigenvalue weighted by Gasteiger charge is 2.37. The van der Waals surface area contributed by atoms with Gasteiger partial charge in [-0.25, -0.2) is 4.79 Å². The second kappa shape index (κ2) is 15.8. The predicted octanol–water partition coefficient (Wildman–Crippen LogP) is 3.57. The summed E-state index contributed by atoms with van der Waals surface area (Å²) in [4.78, 5) is 59.4. The number of hydrogen-bond donors (Lipinski definition) is 3. The zero-order valence-corrected chi connectivity index (χ0v) is 24.8. The maximum atomic E-state index is 12.9. The zero-order valence-electron chi connectivity index (χ0n) is 24.0. The Morgan fingerprint density at radius 2 is 1.04 bits per heavy atom. The van der Waals surface area contributed by atoms with Crippen LogP contribution in [0.1, 0.15) is 16.7 Å². The molecule has 0 spiro atoms. The van der Waals surface area contributed by atoms with Crippen LogP contribution in [-0.4, -0.2) is 54.0 Å². The molecule has 0 atom stereocenters. The molecule has 0 aliphatic heterocycles. The Labute approximate surface area is 263 Å². The van der Waals surface area contributed by atoms with Gasteiger partial charge in [0.05, 0.1) is 28.5 Å². The summed E-state index contributed by atoms with van der Waals surface area (Å²) in [5.41, 5.74) is 2.84. The van der Waals surface area contributed by atoms with E-state index in [1.165, 1.54) is 36.0 Å². The first kappa shape index (κ1) is 32.4. The fourth-order valence-corrected chi connectivity index (χ4v) is 5.81. The fourth-order valence-electron chi connectivity index (χ4n) is 4.45. The number of ether oxygens (including phenoxy) is 1. The van der Waals surface area contributed by atoms with E-state index in [9.17, 15) is 29.3 Å². The largest absolute Gasteiger partial charge is 0.425 e. The third-order valence-electron chi connectivity index (χ3n) is 6.56.